The predicted molar refractivity (Wildman–Crippen MR) is 120 cm³/mol. The molecule has 0 aliphatic carbocycles. The number of carbonyl (C=O) groups is 1. The van der Waals surface area contributed by atoms with Gasteiger partial charge in [0.25, 0.3) is 5.91 Å². The maximum absolute atomic E-state index is 13.1. The Morgan fingerprint density at radius 2 is 1.84 bits per heavy atom. The van der Waals surface area contributed by atoms with Crippen LogP contribution < -0.4 is 0 Å². The van der Waals surface area contributed by atoms with Gasteiger partial charge >= 0.3 is 0 Å². The first-order chi connectivity index (χ1) is 14.9. The lowest BCUT2D eigenvalue weighted by molar-refractivity contribution is 0.00179. The van der Waals surface area contributed by atoms with E-state index >= 15 is 0 Å². The summed E-state index contributed by atoms with van der Waals surface area (Å²) in [6, 6.07) is 16.6. The molecule has 2 saturated heterocycles. The average Bonchev–Trinajstić information content (AvgIpc) is 3.33. The Labute approximate surface area is 183 Å². The number of aryl methyl sites for hydroxylation is 3. The van der Waals surface area contributed by atoms with Crippen LogP contribution in [0.1, 0.15) is 44.6 Å². The van der Waals surface area contributed by atoms with Gasteiger partial charge in [0.2, 0.25) is 0 Å². The minimum Gasteiger partial charge on any atom is -0.337 e. The zero-order valence-corrected chi connectivity index (χ0v) is 18.4. The van der Waals surface area contributed by atoms with Gasteiger partial charge in [0, 0.05) is 49.6 Å². The van der Waals surface area contributed by atoms with Gasteiger partial charge in [-0.25, -0.2) is 4.98 Å². The van der Waals surface area contributed by atoms with Gasteiger partial charge in [-0.05, 0) is 49.6 Å². The minimum absolute atomic E-state index is 0.0127. The van der Waals surface area contributed by atoms with E-state index < -0.39 is 0 Å². The predicted octanol–water partition coefficient (Wildman–Crippen LogP) is 3.47. The number of aromatic nitrogens is 3. The van der Waals surface area contributed by atoms with Crippen LogP contribution in [0.15, 0.2) is 48.5 Å². The van der Waals surface area contributed by atoms with Gasteiger partial charge in [0.05, 0.1) is 0 Å². The molecule has 2 fully saturated rings. The maximum Gasteiger partial charge on any atom is 0.253 e. The molecule has 1 spiro atoms. The van der Waals surface area contributed by atoms with Crippen LogP contribution in [0.3, 0.4) is 0 Å². The van der Waals surface area contributed by atoms with Crippen LogP contribution in [0.5, 0.6) is 0 Å². The summed E-state index contributed by atoms with van der Waals surface area (Å²) in [5.74, 6) is 2.07. The van der Waals surface area contributed by atoms with E-state index in [-0.39, 0.29) is 17.2 Å². The summed E-state index contributed by atoms with van der Waals surface area (Å²) in [6.45, 7) is 10.4. The number of rotatable bonds is 4. The zero-order valence-electron chi connectivity index (χ0n) is 18.4. The highest BCUT2D eigenvalue weighted by Crippen LogP contribution is 2.49. The van der Waals surface area contributed by atoms with Crippen molar-refractivity contribution >= 4 is 5.91 Å². The first kappa shape index (κ1) is 19.9. The summed E-state index contributed by atoms with van der Waals surface area (Å²) in [6.07, 6.45) is 0. The molecule has 5 rings (SSSR count). The Kier molecular flexibility index (Phi) is 4.89. The Morgan fingerprint density at radius 1 is 1.06 bits per heavy atom. The number of nitrogens with zero attached hydrogens (tertiary/aromatic N) is 4. The summed E-state index contributed by atoms with van der Waals surface area (Å²) >= 11 is 0. The highest BCUT2D eigenvalue weighted by atomic mass is 16.2. The molecule has 0 radical (unpaired) electrons. The Balaban J connectivity index is 1.35. The fourth-order valence-corrected chi connectivity index (χ4v) is 5.14. The van der Waals surface area contributed by atoms with Crippen LogP contribution >= 0.6 is 0 Å². The summed E-state index contributed by atoms with van der Waals surface area (Å²) in [5, 5.41) is 7.51. The van der Waals surface area contributed by atoms with E-state index in [4.69, 9.17) is 0 Å². The molecule has 1 aromatic heterocycles. The molecule has 1 N–H and O–H groups in total. The monoisotopic (exact) mass is 415 g/mol. The fourth-order valence-electron chi connectivity index (χ4n) is 5.14. The van der Waals surface area contributed by atoms with E-state index in [1.54, 1.807) is 0 Å². The molecular formula is C25H29N5O. The van der Waals surface area contributed by atoms with Crippen LogP contribution in [0.4, 0.5) is 0 Å². The molecule has 3 heterocycles. The van der Waals surface area contributed by atoms with E-state index in [9.17, 15) is 4.79 Å². The molecule has 2 aromatic carbocycles. The normalized spacial score (nSPS) is 20.2. The Bertz CT molecular complexity index is 1100. The molecule has 160 valence electrons. The number of H-pyrrole nitrogens is 1. The highest BCUT2D eigenvalue weighted by molar-refractivity contribution is 5.95. The minimum atomic E-state index is 0.0127. The standard InChI is InChI=1S/C25H29N5O/c1-17-9-10-21(11-18(17)2)24(31)30-15-25(16-30)14-29(12-20-7-5-4-6-8-20)13-22(25)23-26-19(3)27-28-23/h4-11,22H,12-16H2,1-3H3,(H,26,27,28). The summed E-state index contributed by atoms with van der Waals surface area (Å²) in [7, 11) is 0. The fraction of sp³-hybridized carbons (Fsp3) is 0.400. The summed E-state index contributed by atoms with van der Waals surface area (Å²) < 4.78 is 0. The molecule has 1 amide bonds. The van der Waals surface area contributed by atoms with Crippen LogP contribution in [0.2, 0.25) is 0 Å². The van der Waals surface area contributed by atoms with Gasteiger partial charge < -0.3 is 4.90 Å². The zero-order chi connectivity index (χ0) is 21.6. The maximum atomic E-state index is 13.1. The first-order valence-corrected chi connectivity index (χ1v) is 11.0. The molecular weight excluding hydrogens is 386 g/mol. The van der Waals surface area contributed by atoms with E-state index in [2.05, 4.69) is 64.3 Å². The van der Waals surface area contributed by atoms with E-state index in [1.807, 2.05) is 30.0 Å². The summed E-state index contributed by atoms with van der Waals surface area (Å²) in [4.78, 5) is 22.3. The largest absolute Gasteiger partial charge is 0.337 e. The number of hydrogen-bond donors (Lipinski definition) is 1. The van der Waals surface area contributed by atoms with Gasteiger partial charge in [-0.15, -0.1) is 0 Å². The topological polar surface area (TPSA) is 65.1 Å². The van der Waals surface area contributed by atoms with Crippen LogP contribution in [-0.4, -0.2) is 57.1 Å². The molecule has 1 unspecified atom stereocenters. The second-order valence-electron chi connectivity index (χ2n) is 9.31. The smallest absolute Gasteiger partial charge is 0.253 e. The van der Waals surface area contributed by atoms with Crippen molar-refractivity contribution in [1.82, 2.24) is 25.0 Å². The summed E-state index contributed by atoms with van der Waals surface area (Å²) in [5.41, 5.74) is 4.47. The lowest BCUT2D eigenvalue weighted by Gasteiger charge is -2.50. The average molecular weight is 416 g/mol. The Hall–Kier alpha value is -2.99. The lowest BCUT2D eigenvalue weighted by Crippen LogP contribution is -2.61. The number of benzene rings is 2. The van der Waals surface area contributed by atoms with Gasteiger partial charge in [0.15, 0.2) is 5.82 Å². The van der Waals surface area contributed by atoms with Crippen molar-refractivity contribution in [2.75, 3.05) is 26.2 Å². The first-order valence-electron chi connectivity index (χ1n) is 11.0. The van der Waals surface area contributed by atoms with Crippen LogP contribution in [0.25, 0.3) is 0 Å². The molecule has 1 atom stereocenters. The molecule has 2 aliphatic heterocycles. The number of carbonyl (C=O) groups excluding carboxylic acids is 1. The molecule has 6 heteroatoms. The molecule has 6 nitrogen and oxygen atoms in total. The van der Waals surface area contributed by atoms with Crippen molar-refractivity contribution in [1.29, 1.82) is 0 Å². The molecule has 3 aromatic rings. The van der Waals surface area contributed by atoms with Gasteiger partial charge in [0.1, 0.15) is 5.82 Å². The van der Waals surface area contributed by atoms with Gasteiger partial charge in [-0.1, -0.05) is 36.4 Å². The highest BCUT2D eigenvalue weighted by Gasteiger charge is 2.57. The molecule has 0 saturated carbocycles. The number of likely N-dealkylation sites (tertiary alicyclic amines) is 2. The van der Waals surface area contributed by atoms with Crippen molar-refractivity contribution in [2.45, 2.75) is 33.2 Å². The van der Waals surface area contributed by atoms with Crippen LogP contribution in [0, 0.1) is 26.2 Å². The quantitative estimate of drug-likeness (QED) is 0.709. The second-order valence-corrected chi connectivity index (χ2v) is 9.31. The second kappa shape index (κ2) is 7.61. The molecule has 0 bridgehead atoms. The van der Waals surface area contributed by atoms with Crippen molar-refractivity contribution < 1.29 is 4.79 Å². The number of hydrogen-bond acceptors (Lipinski definition) is 4. The van der Waals surface area contributed by atoms with Crippen molar-refractivity contribution in [2.24, 2.45) is 5.41 Å². The van der Waals surface area contributed by atoms with E-state index in [0.29, 0.717) is 0 Å². The van der Waals surface area contributed by atoms with Crippen LogP contribution in [-0.2, 0) is 6.54 Å². The SMILES string of the molecule is Cc1nc(C2CN(Cc3ccccc3)CC23CN(C(=O)c2ccc(C)c(C)c2)C3)n[nH]1. The molecule has 2 aliphatic rings. The number of amides is 1. The third-order valence-corrected chi connectivity index (χ3v) is 6.95. The Morgan fingerprint density at radius 3 is 2.52 bits per heavy atom. The van der Waals surface area contributed by atoms with Gasteiger partial charge in [-0.3, -0.25) is 14.8 Å². The van der Waals surface area contributed by atoms with Crippen molar-refractivity contribution in [3.8, 4) is 0 Å². The van der Waals surface area contributed by atoms with E-state index in [0.717, 1.165) is 55.5 Å². The number of aromatic amines is 1. The third-order valence-electron chi connectivity index (χ3n) is 6.95. The van der Waals surface area contributed by atoms with E-state index in [1.165, 1.54) is 11.1 Å². The van der Waals surface area contributed by atoms with Crippen molar-refractivity contribution in [3.63, 3.8) is 0 Å². The number of nitrogens with one attached hydrogen (secondary N) is 1. The third kappa shape index (κ3) is 3.65. The lowest BCUT2D eigenvalue weighted by atomic mass is 9.71. The van der Waals surface area contributed by atoms with Gasteiger partial charge in [-0.2, -0.15) is 5.10 Å². The molecule has 31 heavy (non-hydrogen) atoms. The van der Waals surface area contributed by atoms with Crippen molar-refractivity contribution in [3.05, 3.63) is 82.4 Å².